The Morgan fingerprint density at radius 2 is 1.92 bits per heavy atom. The number of halogens is 3. The maximum atomic E-state index is 12.6. The molecule has 3 rings (SSSR count). The lowest BCUT2D eigenvalue weighted by Gasteiger charge is -2.16. The first-order chi connectivity index (χ1) is 11.9. The van der Waals surface area contributed by atoms with E-state index in [-0.39, 0.29) is 11.7 Å². The fourth-order valence-electron chi connectivity index (χ4n) is 2.55. The van der Waals surface area contributed by atoms with Crippen molar-refractivity contribution in [2.45, 2.75) is 13.2 Å². The van der Waals surface area contributed by atoms with E-state index in [0.29, 0.717) is 17.3 Å². The van der Waals surface area contributed by atoms with E-state index in [2.05, 4.69) is 9.72 Å². The molecular formula is C18H15ClF2N2O2. The topological polar surface area (TPSA) is 45.3 Å². The Balaban J connectivity index is 1.71. The van der Waals surface area contributed by atoms with Crippen LogP contribution in [0.25, 0.3) is 10.9 Å². The van der Waals surface area contributed by atoms with Gasteiger partial charge < -0.3 is 14.6 Å². The predicted octanol–water partition coefficient (Wildman–Crippen LogP) is 4.69. The van der Waals surface area contributed by atoms with E-state index in [1.807, 2.05) is 6.07 Å². The van der Waals surface area contributed by atoms with Crippen molar-refractivity contribution in [1.82, 2.24) is 9.88 Å². The first-order valence-electron chi connectivity index (χ1n) is 7.50. The standard InChI is InChI=1S/C18H15ClF2N2O2/c1-23(10-11-2-5-14(6-3-11)25-18(20)21)17(24)16-9-12-8-13(19)4-7-15(12)22-16/h2-9,18,22H,10H2,1H3. The van der Waals surface area contributed by atoms with Gasteiger partial charge in [-0.15, -0.1) is 0 Å². The lowest BCUT2D eigenvalue weighted by Crippen LogP contribution is -2.26. The quantitative estimate of drug-likeness (QED) is 0.713. The number of nitrogens with zero attached hydrogens (tertiary/aromatic N) is 1. The summed E-state index contributed by atoms with van der Waals surface area (Å²) in [5.41, 5.74) is 2.09. The highest BCUT2D eigenvalue weighted by Crippen LogP contribution is 2.21. The Labute approximate surface area is 148 Å². The van der Waals surface area contributed by atoms with Gasteiger partial charge in [0.25, 0.3) is 5.91 Å². The minimum atomic E-state index is -2.86. The molecule has 0 aliphatic rings. The van der Waals surface area contributed by atoms with Crippen molar-refractivity contribution in [3.8, 4) is 5.75 Å². The third-order valence-electron chi connectivity index (χ3n) is 3.73. The molecule has 1 heterocycles. The Hall–Kier alpha value is -2.60. The molecule has 0 saturated carbocycles. The Bertz CT molecular complexity index is 894. The number of carbonyl (C=O) groups excluding carboxylic acids is 1. The number of hydrogen-bond acceptors (Lipinski definition) is 2. The van der Waals surface area contributed by atoms with Gasteiger partial charge in [0.05, 0.1) is 0 Å². The van der Waals surface area contributed by atoms with E-state index in [1.54, 1.807) is 37.4 Å². The van der Waals surface area contributed by atoms with Gasteiger partial charge in [-0.3, -0.25) is 4.79 Å². The van der Waals surface area contributed by atoms with Gasteiger partial charge >= 0.3 is 6.61 Å². The second-order valence-electron chi connectivity index (χ2n) is 5.60. The third kappa shape index (κ3) is 4.09. The highest BCUT2D eigenvalue weighted by molar-refractivity contribution is 6.31. The molecule has 0 saturated heterocycles. The number of aromatic nitrogens is 1. The van der Waals surface area contributed by atoms with E-state index < -0.39 is 6.61 Å². The fraction of sp³-hybridized carbons (Fsp3) is 0.167. The van der Waals surface area contributed by atoms with Crippen molar-refractivity contribution in [3.05, 3.63) is 64.8 Å². The van der Waals surface area contributed by atoms with Crippen molar-refractivity contribution >= 4 is 28.4 Å². The van der Waals surface area contributed by atoms with Crippen LogP contribution in [0.2, 0.25) is 5.02 Å². The number of alkyl halides is 2. The number of carbonyl (C=O) groups is 1. The molecule has 25 heavy (non-hydrogen) atoms. The van der Waals surface area contributed by atoms with Crippen LogP contribution in [0.3, 0.4) is 0 Å². The van der Waals surface area contributed by atoms with Crippen LogP contribution in [0.5, 0.6) is 5.75 Å². The largest absolute Gasteiger partial charge is 0.435 e. The van der Waals surface area contributed by atoms with Crippen LogP contribution in [0, 0.1) is 0 Å². The number of aromatic amines is 1. The van der Waals surface area contributed by atoms with Gasteiger partial charge in [-0.25, -0.2) is 0 Å². The fourth-order valence-corrected chi connectivity index (χ4v) is 2.73. The van der Waals surface area contributed by atoms with Crippen molar-refractivity contribution < 1.29 is 18.3 Å². The summed E-state index contributed by atoms with van der Waals surface area (Å²) in [6, 6.07) is 13.3. The average Bonchev–Trinajstić information content (AvgIpc) is 2.98. The minimum absolute atomic E-state index is 0.0835. The van der Waals surface area contributed by atoms with E-state index >= 15 is 0 Å². The summed E-state index contributed by atoms with van der Waals surface area (Å²) in [7, 11) is 1.67. The molecule has 0 radical (unpaired) electrons. The van der Waals surface area contributed by atoms with E-state index in [4.69, 9.17) is 11.6 Å². The van der Waals surface area contributed by atoms with Crippen molar-refractivity contribution in [1.29, 1.82) is 0 Å². The number of nitrogens with one attached hydrogen (secondary N) is 1. The zero-order chi connectivity index (χ0) is 18.0. The maximum absolute atomic E-state index is 12.6. The van der Waals surface area contributed by atoms with Crippen LogP contribution in [-0.4, -0.2) is 29.5 Å². The molecule has 1 N–H and O–H groups in total. The summed E-state index contributed by atoms with van der Waals surface area (Å²) >= 11 is 5.96. The third-order valence-corrected chi connectivity index (χ3v) is 3.96. The Morgan fingerprint density at radius 3 is 2.60 bits per heavy atom. The zero-order valence-corrected chi connectivity index (χ0v) is 14.1. The van der Waals surface area contributed by atoms with Crippen LogP contribution >= 0.6 is 11.6 Å². The first-order valence-corrected chi connectivity index (χ1v) is 7.87. The van der Waals surface area contributed by atoms with Gasteiger partial charge in [0.1, 0.15) is 11.4 Å². The van der Waals surface area contributed by atoms with Crippen LogP contribution in [0.4, 0.5) is 8.78 Å². The predicted molar refractivity (Wildman–Crippen MR) is 92.2 cm³/mol. The molecular weight excluding hydrogens is 350 g/mol. The number of fused-ring (bicyclic) bond motifs is 1. The van der Waals surface area contributed by atoms with Gasteiger partial charge in [0.15, 0.2) is 0 Å². The number of H-pyrrole nitrogens is 1. The first kappa shape index (κ1) is 17.2. The van der Waals surface area contributed by atoms with Crippen molar-refractivity contribution in [2.24, 2.45) is 0 Å². The lowest BCUT2D eigenvalue weighted by atomic mass is 10.2. The summed E-state index contributed by atoms with van der Waals surface area (Å²) in [4.78, 5) is 17.2. The molecule has 4 nitrogen and oxygen atoms in total. The molecule has 0 fully saturated rings. The van der Waals surface area contributed by atoms with Gasteiger partial charge in [-0.05, 0) is 42.0 Å². The van der Waals surface area contributed by atoms with E-state index in [0.717, 1.165) is 16.5 Å². The highest BCUT2D eigenvalue weighted by atomic mass is 35.5. The second kappa shape index (κ2) is 7.11. The monoisotopic (exact) mass is 364 g/mol. The number of benzene rings is 2. The maximum Gasteiger partial charge on any atom is 0.387 e. The van der Waals surface area contributed by atoms with Gasteiger partial charge in [0.2, 0.25) is 0 Å². The zero-order valence-electron chi connectivity index (χ0n) is 13.3. The van der Waals surface area contributed by atoms with Crippen molar-refractivity contribution in [3.63, 3.8) is 0 Å². The molecule has 0 aliphatic heterocycles. The summed E-state index contributed by atoms with van der Waals surface area (Å²) < 4.78 is 28.6. The molecule has 0 aliphatic carbocycles. The van der Waals surface area contributed by atoms with Gasteiger partial charge in [-0.2, -0.15) is 8.78 Å². The molecule has 130 valence electrons. The molecule has 7 heteroatoms. The molecule has 0 unspecified atom stereocenters. The number of amides is 1. The number of hydrogen-bond donors (Lipinski definition) is 1. The lowest BCUT2D eigenvalue weighted by molar-refractivity contribution is -0.0498. The van der Waals surface area contributed by atoms with Crippen LogP contribution in [-0.2, 0) is 6.54 Å². The molecule has 0 spiro atoms. The number of rotatable bonds is 5. The normalized spacial score (nSPS) is 11.1. The Kier molecular flexibility index (Phi) is 4.90. The van der Waals surface area contributed by atoms with E-state index in [9.17, 15) is 13.6 Å². The molecule has 0 atom stereocenters. The molecule has 2 aromatic carbocycles. The number of ether oxygens (including phenoxy) is 1. The highest BCUT2D eigenvalue weighted by Gasteiger charge is 2.15. The van der Waals surface area contributed by atoms with Crippen LogP contribution < -0.4 is 4.74 Å². The SMILES string of the molecule is CN(Cc1ccc(OC(F)F)cc1)C(=O)c1cc2cc(Cl)ccc2[nH]1. The van der Waals surface area contributed by atoms with Crippen LogP contribution in [0.15, 0.2) is 48.5 Å². The molecule has 1 amide bonds. The van der Waals surface area contributed by atoms with Crippen molar-refractivity contribution in [2.75, 3.05) is 7.05 Å². The molecule has 1 aromatic heterocycles. The summed E-state index contributed by atoms with van der Waals surface area (Å²) in [6.07, 6.45) is 0. The smallest absolute Gasteiger partial charge is 0.387 e. The van der Waals surface area contributed by atoms with Gasteiger partial charge in [-0.1, -0.05) is 23.7 Å². The summed E-state index contributed by atoms with van der Waals surface area (Å²) in [6.45, 7) is -2.52. The minimum Gasteiger partial charge on any atom is -0.435 e. The molecule has 0 bridgehead atoms. The Morgan fingerprint density at radius 1 is 1.20 bits per heavy atom. The summed E-state index contributed by atoms with van der Waals surface area (Å²) in [5.74, 6) is -0.0968. The average molecular weight is 365 g/mol. The van der Waals surface area contributed by atoms with E-state index in [1.165, 1.54) is 17.0 Å². The van der Waals surface area contributed by atoms with Crippen LogP contribution in [0.1, 0.15) is 16.1 Å². The summed E-state index contributed by atoms with van der Waals surface area (Å²) in [5, 5.41) is 1.46. The second-order valence-corrected chi connectivity index (χ2v) is 6.03. The van der Waals surface area contributed by atoms with Gasteiger partial charge in [0, 0.05) is 29.5 Å². The molecule has 3 aromatic rings.